The van der Waals surface area contributed by atoms with Gasteiger partial charge in [0.1, 0.15) is 24.2 Å². The molecule has 40 heavy (non-hydrogen) atoms. The number of rotatable bonds is 9. The number of esters is 1. The quantitative estimate of drug-likeness (QED) is 0.321. The molecule has 1 fully saturated rings. The number of nitrogens with zero attached hydrogens (tertiary/aromatic N) is 1. The first kappa shape index (κ1) is 28.0. The fraction of sp³-hybridized carbons (Fsp3) is 0.419. The van der Waals surface area contributed by atoms with E-state index in [0.29, 0.717) is 44.3 Å². The molecule has 3 heterocycles. The summed E-state index contributed by atoms with van der Waals surface area (Å²) in [4.78, 5) is 16.3. The van der Waals surface area contributed by atoms with E-state index in [2.05, 4.69) is 31.0 Å². The molecule has 0 amide bonds. The number of carbonyl (C=O) groups is 1. The van der Waals surface area contributed by atoms with Gasteiger partial charge in [-0.15, -0.1) is 0 Å². The maximum atomic E-state index is 11.9. The van der Waals surface area contributed by atoms with Crippen molar-refractivity contribution in [3.05, 3.63) is 70.9 Å². The van der Waals surface area contributed by atoms with Crippen LogP contribution in [0.4, 0.5) is 0 Å². The van der Waals surface area contributed by atoms with Gasteiger partial charge < -0.3 is 18.9 Å². The van der Waals surface area contributed by atoms with E-state index in [4.69, 9.17) is 18.9 Å². The monoisotopic (exact) mass is 565 g/mol. The minimum Gasteiger partial charge on any atom is -0.492 e. The third-order valence-electron chi connectivity index (χ3n) is 7.38. The third-order valence-corrected chi connectivity index (χ3v) is 9.10. The number of hydrogen-bond donors (Lipinski definition) is 0. The smallest absolute Gasteiger partial charge is 0.306 e. The van der Waals surface area contributed by atoms with Crippen molar-refractivity contribution in [3.63, 3.8) is 0 Å². The third kappa shape index (κ3) is 6.58. The standard InChI is InChI=1S/C31H35NO7S/c1-4-36-30(33)15-24-19-37-28-16-29(32-17-27(24)28)38-18-22-6-5-7-23(14-22)31-20(2)12-26(13-21(31)3)39-25-8-10-40(34,35)11-9-25/h5-7,12-14,16-17,24-25H,4,8-11,15,18-19H2,1-3H3. The molecule has 5 rings (SSSR count). The van der Waals surface area contributed by atoms with Crippen LogP contribution in [0, 0.1) is 13.8 Å². The van der Waals surface area contributed by atoms with Crippen molar-refractivity contribution in [1.29, 1.82) is 0 Å². The number of hydrogen-bond acceptors (Lipinski definition) is 8. The molecule has 1 saturated heterocycles. The van der Waals surface area contributed by atoms with Crippen LogP contribution in [0.25, 0.3) is 11.1 Å². The van der Waals surface area contributed by atoms with Crippen LogP contribution in [0.5, 0.6) is 17.4 Å². The van der Waals surface area contributed by atoms with E-state index >= 15 is 0 Å². The summed E-state index contributed by atoms with van der Waals surface area (Å²) in [5.74, 6) is 2.01. The molecular weight excluding hydrogens is 530 g/mol. The molecule has 2 aromatic carbocycles. The Bertz CT molecular complexity index is 1460. The first-order chi connectivity index (χ1) is 19.2. The molecule has 0 spiro atoms. The lowest BCUT2D eigenvalue weighted by Gasteiger charge is -2.24. The van der Waals surface area contributed by atoms with Crippen molar-refractivity contribution >= 4 is 15.8 Å². The normalized spacial score (nSPS) is 18.0. The summed E-state index contributed by atoms with van der Waals surface area (Å²) in [5, 5.41) is 0. The van der Waals surface area contributed by atoms with E-state index in [-0.39, 0.29) is 35.9 Å². The second kappa shape index (κ2) is 11.9. The Morgan fingerprint density at radius 2 is 1.82 bits per heavy atom. The Morgan fingerprint density at radius 3 is 2.55 bits per heavy atom. The fourth-order valence-electron chi connectivity index (χ4n) is 5.41. The van der Waals surface area contributed by atoms with Gasteiger partial charge in [-0.3, -0.25) is 4.79 Å². The molecule has 9 heteroatoms. The van der Waals surface area contributed by atoms with Crippen LogP contribution in [0.2, 0.25) is 0 Å². The molecule has 0 N–H and O–H groups in total. The Balaban J connectivity index is 1.24. The SMILES string of the molecule is CCOC(=O)CC1COc2cc(OCc3cccc(-c4c(C)cc(OC5CCS(=O)(=O)CC5)cc4C)c3)ncc21. The first-order valence-electron chi connectivity index (χ1n) is 13.7. The van der Waals surface area contributed by atoms with Gasteiger partial charge >= 0.3 is 5.97 Å². The summed E-state index contributed by atoms with van der Waals surface area (Å²) < 4.78 is 46.5. The number of fused-ring (bicyclic) bond motifs is 1. The molecule has 0 aliphatic carbocycles. The Kier molecular flexibility index (Phi) is 8.30. The van der Waals surface area contributed by atoms with Crippen molar-refractivity contribution in [3.8, 4) is 28.5 Å². The van der Waals surface area contributed by atoms with Crippen molar-refractivity contribution < 1.29 is 32.2 Å². The van der Waals surface area contributed by atoms with Gasteiger partial charge in [0.2, 0.25) is 5.88 Å². The zero-order chi connectivity index (χ0) is 28.3. The van der Waals surface area contributed by atoms with Crippen molar-refractivity contribution in [2.75, 3.05) is 24.7 Å². The van der Waals surface area contributed by atoms with Gasteiger partial charge in [0, 0.05) is 23.7 Å². The summed E-state index contributed by atoms with van der Waals surface area (Å²) >= 11 is 0. The lowest BCUT2D eigenvalue weighted by Crippen LogP contribution is -2.30. The molecule has 1 atom stereocenters. The maximum absolute atomic E-state index is 11.9. The van der Waals surface area contributed by atoms with Crippen LogP contribution in [0.15, 0.2) is 48.7 Å². The van der Waals surface area contributed by atoms with Crippen molar-refractivity contribution in [1.82, 2.24) is 4.98 Å². The van der Waals surface area contributed by atoms with Crippen LogP contribution in [-0.2, 0) is 26.0 Å². The van der Waals surface area contributed by atoms with Crippen LogP contribution in [0.1, 0.15) is 54.4 Å². The van der Waals surface area contributed by atoms with E-state index in [1.807, 2.05) is 24.3 Å². The predicted octanol–water partition coefficient (Wildman–Crippen LogP) is 5.33. The highest BCUT2D eigenvalue weighted by atomic mass is 32.2. The van der Waals surface area contributed by atoms with Crippen LogP contribution in [0.3, 0.4) is 0 Å². The molecule has 2 aliphatic rings. The molecule has 212 valence electrons. The molecule has 1 aromatic heterocycles. The molecule has 2 aliphatic heterocycles. The van der Waals surface area contributed by atoms with Crippen LogP contribution in [-0.4, -0.2) is 50.2 Å². The zero-order valence-corrected chi connectivity index (χ0v) is 24.0. The number of carbonyl (C=O) groups excluding carboxylic acids is 1. The highest BCUT2D eigenvalue weighted by molar-refractivity contribution is 7.91. The molecule has 0 saturated carbocycles. The average Bonchev–Trinajstić information content (AvgIpc) is 3.30. The lowest BCUT2D eigenvalue weighted by molar-refractivity contribution is -0.143. The average molecular weight is 566 g/mol. The van der Waals surface area contributed by atoms with E-state index in [1.165, 1.54) is 0 Å². The van der Waals surface area contributed by atoms with Gasteiger partial charge in [-0.2, -0.15) is 0 Å². The molecule has 1 unspecified atom stereocenters. The van der Waals surface area contributed by atoms with E-state index in [1.54, 1.807) is 19.2 Å². The Hall–Kier alpha value is -3.59. The van der Waals surface area contributed by atoms with Gasteiger partial charge in [-0.1, -0.05) is 18.2 Å². The van der Waals surface area contributed by atoms with E-state index < -0.39 is 9.84 Å². The number of sulfone groups is 1. The summed E-state index contributed by atoms with van der Waals surface area (Å²) in [7, 11) is -2.92. The number of pyridine rings is 1. The predicted molar refractivity (Wildman–Crippen MR) is 152 cm³/mol. The van der Waals surface area contributed by atoms with E-state index in [0.717, 1.165) is 39.1 Å². The van der Waals surface area contributed by atoms with Gasteiger partial charge in [0.25, 0.3) is 0 Å². The van der Waals surface area contributed by atoms with Gasteiger partial charge in [0.05, 0.1) is 31.1 Å². The maximum Gasteiger partial charge on any atom is 0.306 e. The molecule has 0 bridgehead atoms. The summed E-state index contributed by atoms with van der Waals surface area (Å²) in [6.45, 7) is 7.05. The van der Waals surface area contributed by atoms with E-state index in [9.17, 15) is 13.2 Å². The second-order valence-corrected chi connectivity index (χ2v) is 12.8. The largest absolute Gasteiger partial charge is 0.492 e. The summed E-state index contributed by atoms with van der Waals surface area (Å²) in [6, 6.07) is 14.0. The zero-order valence-electron chi connectivity index (χ0n) is 23.1. The lowest BCUT2D eigenvalue weighted by atomic mass is 9.94. The minimum atomic E-state index is -2.92. The first-order valence-corrected chi connectivity index (χ1v) is 15.5. The number of aryl methyl sites for hydroxylation is 2. The summed E-state index contributed by atoms with van der Waals surface area (Å²) in [5.41, 5.74) is 6.30. The Morgan fingerprint density at radius 1 is 1.07 bits per heavy atom. The Labute approximate surface area is 235 Å². The molecule has 8 nitrogen and oxygen atoms in total. The van der Waals surface area contributed by atoms with Crippen molar-refractivity contribution in [2.24, 2.45) is 0 Å². The second-order valence-electron chi connectivity index (χ2n) is 10.5. The number of benzene rings is 2. The molecule has 0 radical (unpaired) electrons. The molecule has 3 aromatic rings. The topological polar surface area (TPSA) is 101 Å². The highest BCUT2D eigenvalue weighted by Crippen LogP contribution is 2.38. The van der Waals surface area contributed by atoms with Crippen LogP contribution >= 0.6 is 0 Å². The number of aromatic nitrogens is 1. The summed E-state index contributed by atoms with van der Waals surface area (Å²) in [6.07, 6.45) is 2.98. The highest BCUT2D eigenvalue weighted by Gasteiger charge is 2.28. The van der Waals surface area contributed by atoms with Gasteiger partial charge in [-0.25, -0.2) is 13.4 Å². The van der Waals surface area contributed by atoms with Crippen LogP contribution < -0.4 is 14.2 Å². The molecular formula is C31H35NO7S. The minimum absolute atomic E-state index is 0.0608. The van der Waals surface area contributed by atoms with Gasteiger partial charge in [-0.05, 0) is 79.6 Å². The number of ether oxygens (including phenoxy) is 4. The van der Waals surface area contributed by atoms with Crippen molar-refractivity contribution in [2.45, 2.75) is 58.7 Å². The van der Waals surface area contributed by atoms with Gasteiger partial charge in [0.15, 0.2) is 9.84 Å². The fourth-order valence-corrected chi connectivity index (χ4v) is 6.86.